The van der Waals surface area contributed by atoms with Gasteiger partial charge in [-0.1, -0.05) is 43.0 Å². The van der Waals surface area contributed by atoms with E-state index in [4.69, 9.17) is 4.42 Å². The first-order chi connectivity index (χ1) is 18.7. The van der Waals surface area contributed by atoms with Gasteiger partial charge in [0.2, 0.25) is 0 Å². The van der Waals surface area contributed by atoms with Gasteiger partial charge in [-0.2, -0.15) is 0 Å². The molecule has 39 heavy (non-hydrogen) atoms. The average molecular weight is 517 g/mol. The fourth-order valence-corrected chi connectivity index (χ4v) is 5.37. The fraction of sp³-hybridized carbons (Fsp3) is 0.0606. The van der Waals surface area contributed by atoms with Crippen LogP contribution in [0.3, 0.4) is 0 Å². The maximum atomic E-state index is 13.0. The number of allylic oxidation sites excluding steroid dienone is 1. The first-order valence-corrected chi connectivity index (χ1v) is 12.4. The summed E-state index contributed by atoms with van der Waals surface area (Å²) < 4.78 is 6.38. The van der Waals surface area contributed by atoms with Gasteiger partial charge in [-0.05, 0) is 82.1 Å². The van der Waals surface area contributed by atoms with Crippen LogP contribution in [0.2, 0.25) is 0 Å². The molecule has 1 heterocycles. The zero-order valence-corrected chi connectivity index (χ0v) is 21.0. The van der Waals surface area contributed by atoms with Gasteiger partial charge >= 0.3 is 0 Å². The molecule has 192 valence electrons. The molecule has 3 aromatic carbocycles. The van der Waals surface area contributed by atoms with Crippen LogP contribution in [-0.4, -0.2) is 20.4 Å². The minimum atomic E-state index is -0.232. The Morgan fingerprint density at radius 1 is 0.821 bits per heavy atom. The van der Waals surface area contributed by atoms with Crippen molar-refractivity contribution in [2.75, 3.05) is 0 Å². The van der Waals surface area contributed by atoms with Gasteiger partial charge in [0.1, 0.15) is 34.2 Å². The zero-order chi connectivity index (χ0) is 27.4. The molecule has 0 amide bonds. The van der Waals surface area contributed by atoms with E-state index < -0.39 is 0 Å². The topological polar surface area (TPSA) is 111 Å². The maximum absolute atomic E-state index is 13.0. The van der Waals surface area contributed by atoms with Crippen LogP contribution in [-0.2, 0) is 6.42 Å². The molecule has 1 aliphatic heterocycles. The summed E-state index contributed by atoms with van der Waals surface area (Å²) in [5, 5.41) is 44.7. The molecule has 3 aliphatic rings. The van der Waals surface area contributed by atoms with Crippen molar-refractivity contribution >= 4 is 17.9 Å². The number of hydrogen-bond donors (Lipinski definition) is 4. The van der Waals surface area contributed by atoms with Gasteiger partial charge < -0.3 is 24.8 Å². The Balaban J connectivity index is 1.84. The summed E-state index contributed by atoms with van der Waals surface area (Å²) in [6.07, 6.45) is 1.86. The number of phenols is 3. The number of hydrogen-bond acceptors (Lipinski definition) is 6. The van der Waals surface area contributed by atoms with Gasteiger partial charge in [0.15, 0.2) is 5.43 Å². The van der Waals surface area contributed by atoms with E-state index in [0.717, 1.165) is 5.56 Å². The minimum absolute atomic E-state index is 0.0578. The van der Waals surface area contributed by atoms with Crippen LogP contribution in [0.25, 0.3) is 29.2 Å². The molecule has 6 heteroatoms. The van der Waals surface area contributed by atoms with Crippen molar-refractivity contribution in [2.24, 2.45) is 0 Å². The van der Waals surface area contributed by atoms with E-state index in [1.165, 1.54) is 18.2 Å². The van der Waals surface area contributed by atoms with Gasteiger partial charge in [0.05, 0.1) is 10.8 Å². The largest absolute Gasteiger partial charge is 0.508 e. The van der Waals surface area contributed by atoms with Gasteiger partial charge in [-0.3, -0.25) is 4.79 Å². The Morgan fingerprint density at radius 2 is 1.56 bits per heavy atom. The Morgan fingerprint density at radius 3 is 2.33 bits per heavy atom. The second-order valence-electron chi connectivity index (χ2n) is 9.68. The molecule has 3 aromatic rings. The molecule has 6 nitrogen and oxygen atoms in total. The van der Waals surface area contributed by atoms with E-state index in [-0.39, 0.29) is 34.0 Å². The van der Waals surface area contributed by atoms with E-state index in [1.807, 2.05) is 30.3 Å². The molecule has 2 aliphatic carbocycles. The molecule has 4 N–H and O–H groups in total. The first kappa shape index (κ1) is 24.1. The second-order valence-corrected chi connectivity index (χ2v) is 9.68. The molecule has 0 atom stereocenters. The molecular weight excluding hydrogens is 492 g/mol. The van der Waals surface area contributed by atoms with Crippen LogP contribution in [0.1, 0.15) is 16.7 Å². The average Bonchev–Trinajstić information content (AvgIpc) is 2.90. The molecule has 0 radical (unpaired) electrons. The Hall–Kier alpha value is -5.23. The molecule has 0 saturated carbocycles. The first-order valence-electron chi connectivity index (χ1n) is 12.4. The molecule has 0 spiro atoms. The highest BCUT2D eigenvalue weighted by Gasteiger charge is 2.21. The highest BCUT2D eigenvalue weighted by Crippen LogP contribution is 2.37. The lowest BCUT2D eigenvalue weighted by molar-refractivity contribution is 0.441. The van der Waals surface area contributed by atoms with Crippen LogP contribution in [0.15, 0.2) is 88.1 Å². The molecule has 6 rings (SSSR count). The van der Waals surface area contributed by atoms with Crippen molar-refractivity contribution in [3.8, 4) is 28.6 Å². The number of aliphatic hydroxyl groups is 1. The lowest BCUT2D eigenvalue weighted by Gasteiger charge is -2.18. The summed E-state index contributed by atoms with van der Waals surface area (Å²) in [7, 11) is 0. The predicted molar refractivity (Wildman–Crippen MR) is 148 cm³/mol. The summed E-state index contributed by atoms with van der Waals surface area (Å²) in [6.45, 7) is 5.90. The highest BCUT2D eigenvalue weighted by atomic mass is 16.3. The van der Waals surface area contributed by atoms with Crippen molar-refractivity contribution in [3.63, 3.8) is 0 Å². The number of rotatable bonds is 1. The molecule has 0 bridgehead atoms. The van der Waals surface area contributed by atoms with E-state index >= 15 is 0 Å². The second kappa shape index (κ2) is 8.96. The van der Waals surface area contributed by atoms with Crippen LogP contribution >= 0.6 is 0 Å². The molecule has 0 fully saturated rings. The molecule has 0 aromatic heterocycles. The summed E-state index contributed by atoms with van der Waals surface area (Å²) in [4.78, 5) is 13.0. The number of benzene rings is 3. The van der Waals surface area contributed by atoms with Crippen LogP contribution in [0.4, 0.5) is 0 Å². The number of aliphatic hydroxyl groups excluding tert-OH is 1. The lowest BCUT2D eigenvalue weighted by Crippen LogP contribution is -2.17. The van der Waals surface area contributed by atoms with Crippen molar-refractivity contribution in [1.29, 1.82) is 0 Å². The van der Waals surface area contributed by atoms with E-state index in [9.17, 15) is 25.2 Å². The summed E-state index contributed by atoms with van der Waals surface area (Å²) in [6, 6.07) is 20.4. The third-order valence-corrected chi connectivity index (χ3v) is 7.20. The van der Waals surface area contributed by atoms with Crippen LogP contribution < -0.4 is 15.9 Å². The molecule has 0 saturated heterocycles. The zero-order valence-electron chi connectivity index (χ0n) is 21.0. The number of fused-ring (bicyclic) bond motifs is 1. The smallest absolute Gasteiger partial charge is 0.190 e. The van der Waals surface area contributed by atoms with Gasteiger partial charge in [0.25, 0.3) is 0 Å². The van der Waals surface area contributed by atoms with Crippen molar-refractivity contribution < 1.29 is 24.8 Å². The van der Waals surface area contributed by atoms with Crippen LogP contribution in [0, 0.1) is 28.0 Å². The van der Waals surface area contributed by atoms with Gasteiger partial charge in [-0.25, -0.2) is 0 Å². The summed E-state index contributed by atoms with van der Waals surface area (Å²) in [5.41, 5.74) is 2.99. The Bertz CT molecular complexity index is 2180. The maximum Gasteiger partial charge on any atom is 0.190 e. The number of phenolic OH excluding ortho intramolecular Hbond substituents is 3. The van der Waals surface area contributed by atoms with Gasteiger partial charge in [-0.15, -0.1) is 0 Å². The molecule has 0 unspecified atom stereocenters. The standard InChI is InChI=1S/C33H24O6/c1-17-12-29(19-6-4-3-5-7-19)39-33-24(9-11-26(36)30(17)33)31-18(2)25(35)10-8-23(31)20-13-21-14-22(34)16-28(38)32(21)27(37)15-20/h3-12,14-16,34-35,37-38H,1,13H2,2H3. The Kier molecular flexibility index (Phi) is 5.54. The normalized spacial score (nSPS) is 15.2. The monoisotopic (exact) mass is 516 g/mol. The summed E-state index contributed by atoms with van der Waals surface area (Å²) >= 11 is 0. The third-order valence-electron chi connectivity index (χ3n) is 7.20. The highest BCUT2D eigenvalue weighted by molar-refractivity contribution is 5.82. The third kappa shape index (κ3) is 3.94. The number of aromatic hydroxyl groups is 3. The van der Waals surface area contributed by atoms with Crippen molar-refractivity contribution in [3.05, 3.63) is 137 Å². The SMILES string of the molecule is C=c1cc(-c2ccccc2)oc2c(=c3c(C)c(O)ccc3=C3C=C(O)c4c(O)cc(O)cc4C3)ccc(=O)c1=2. The Labute approximate surface area is 222 Å². The molecular formula is C33H24O6. The quantitative estimate of drug-likeness (QED) is 0.262. The predicted octanol–water partition coefficient (Wildman–Crippen LogP) is 4.46. The minimum Gasteiger partial charge on any atom is -0.508 e. The lowest BCUT2D eigenvalue weighted by atomic mass is 9.89. The van der Waals surface area contributed by atoms with Crippen molar-refractivity contribution in [1.82, 2.24) is 0 Å². The fourth-order valence-electron chi connectivity index (χ4n) is 5.37. The van der Waals surface area contributed by atoms with E-state index in [1.54, 1.807) is 37.3 Å². The van der Waals surface area contributed by atoms with Gasteiger partial charge in [0, 0.05) is 16.8 Å². The van der Waals surface area contributed by atoms with Crippen molar-refractivity contribution in [2.45, 2.75) is 13.3 Å². The van der Waals surface area contributed by atoms with E-state index in [0.29, 0.717) is 60.4 Å². The summed E-state index contributed by atoms with van der Waals surface area (Å²) in [5.74, 6) is 0.127. The van der Waals surface area contributed by atoms with Crippen LogP contribution in [0.5, 0.6) is 17.2 Å². The van der Waals surface area contributed by atoms with E-state index in [2.05, 4.69) is 6.58 Å².